The maximum absolute atomic E-state index is 12.3. The van der Waals surface area contributed by atoms with Gasteiger partial charge in [-0.05, 0) is 39.3 Å². The summed E-state index contributed by atoms with van der Waals surface area (Å²) in [6.45, 7) is 11.4. The van der Waals surface area contributed by atoms with Crippen LogP contribution in [0.4, 0.5) is 0 Å². The Morgan fingerprint density at radius 3 is 2.30 bits per heavy atom. The van der Waals surface area contributed by atoms with Crippen LogP contribution in [0.25, 0.3) is 0 Å². The molecular formula is C14H31N3O2S. The molecule has 5 nitrogen and oxygen atoms in total. The molecule has 1 fully saturated rings. The number of unbranched alkanes of at least 4 members (excludes halogenated alkanes) is 1. The molecule has 6 heteroatoms. The van der Waals surface area contributed by atoms with Gasteiger partial charge in [-0.1, -0.05) is 13.8 Å². The molecule has 20 heavy (non-hydrogen) atoms. The minimum Gasteiger partial charge on any atom is -0.317 e. The number of piperazine rings is 1. The Morgan fingerprint density at radius 2 is 1.75 bits per heavy atom. The Balaban J connectivity index is 2.31. The van der Waals surface area contributed by atoms with Crippen LogP contribution < -0.4 is 5.32 Å². The molecule has 120 valence electrons. The van der Waals surface area contributed by atoms with Gasteiger partial charge in [-0.25, -0.2) is 8.42 Å². The topological polar surface area (TPSA) is 52.7 Å². The highest BCUT2D eigenvalue weighted by molar-refractivity contribution is 7.89. The van der Waals surface area contributed by atoms with Crippen LogP contribution in [0.5, 0.6) is 0 Å². The summed E-state index contributed by atoms with van der Waals surface area (Å²) < 4.78 is 26.2. The van der Waals surface area contributed by atoms with Crippen LogP contribution in [-0.2, 0) is 10.0 Å². The quantitative estimate of drug-likeness (QED) is 0.649. The Hall–Kier alpha value is -0.170. The molecule has 0 aromatic carbocycles. The third-order valence-electron chi connectivity index (χ3n) is 4.14. The minimum absolute atomic E-state index is 0.293. The van der Waals surface area contributed by atoms with Gasteiger partial charge >= 0.3 is 0 Å². The molecule has 0 radical (unpaired) electrons. The molecule has 1 aliphatic rings. The largest absolute Gasteiger partial charge is 0.317 e. The van der Waals surface area contributed by atoms with Crippen LogP contribution in [0, 0.1) is 0 Å². The average Bonchev–Trinajstić information content (AvgIpc) is 2.46. The third-order valence-corrected chi connectivity index (χ3v) is 6.09. The first kappa shape index (κ1) is 17.9. The van der Waals surface area contributed by atoms with E-state index in [1.54, 1.807) is 4.31 Å². The van der Waals surface area contributed by atoms with Crippen molar-refractivity contribution in [2.45, 2.75) is 46.1 Å². The van der Waals surface area contributed by atoms with E-state index >= 15 is 0 Å². The first-order valence-corrected chi connectivity index (χ1v) is 9.54. The fourth-order valence-corrected chi connectivity index (χ4v) is 4.07. The lowest BCUT2D eigenvalue weighted by Gasteiger charge is -2.37. The fraction of sp³-hybridized carbons (Fsp3) is 1.00. The third kappa shape index (κ3) is 5.68. The van der Waals surface area contributed by atoms with Gasteiger partial charge in [0.05, 0.1) is 5.75 Å². The van der Waals surface area contributed by atoms with Crippen LogP contribution in [0.15, 0.2) is 0 Å². The van der Waals surface area contributed by atoms with Crippen molar-refractivity contribution in [2.24, 2.45) is 0 Å². The van der Waals surface area contributed by atoms with Crippen molar-refractivity contribution in [3.05, 3.63) is 0 Å². The highest BCUT2D eigenvalue weighted by atomic mass is 32.2. The summed E-state index contributed by atoms with van der Waals surface area (Å²) in [5, 5.41) is 3.22. The van der Waals surface area contributed by atoms with Gasteiger partial charge < -0.3 is 5.32 Å². The summed E-state index contributed by atoms with van der Waals surface area (Å²) in [6.07, 6.45) is 2.80. The zero-order valence-electron chi connectivity index (χ0n) is 13.3. The number of rotatable bonds is 9. The van der Waals surface area contributed by atoms with Crippen molar-refractivity contribution in [3.8, 4) is 0 Å². The number of hydrogen-bond donors (Lipinski definition) is 1. The molecule has 0 aliphatic carbocycles. The summed E-state index contributed by atoms with van der Waals surface area (Å²) >= 11 is 0. The monoisotopic (exact) mass is 305 g/mol. The van der Waals surface area contributed by atoms with Gasteiger partial charge in [-0.15, -0.1) is 0 Å². The standard InChI is InChI=1S/C14H31N3O2S/c1-4-14(3)16-9-11-17(12-10-16)20(18,19)13-7-6-8-15-5-2/h14-15H,4-13H2,1-3H3. The van der Waals surface area contributed by atoms with Gasteiger partial charge in [0.25, 0.3) is 0 Å². The van der Waals surface area contributed by atoms with Crippen molar-refractivity contribution in [2.75, 3.05) is 45.0 Å². The van der Waals surface area contributed by atoms with Crippen LogP contribution in [0.3, 0.4) is 0 Å². The Bertz CT molecular complexity index is 351. The molecule has 0 saturated carbocycles. The first-order chi connectivity index (χ1) is 9.51. The van der Waals surface area contributed by atoms with Gasteiger partial charge in [0.2, 0.25) is 10.0 Å². The lowest BCUT2D eigenvalue weighted by molar-refractivity contribution is 0.142. The summed E-state index contributed by atoms with van der Waals surface area (Å²) in [5.41, 5.74) is 0. The van der Waals surface area contributed by atoms with Crippen LogP contribution in [-0.4, -0.2) is 68.7 Å². The zero-order chi connectivity index (χ0) is 15.0. The van der Waals surface area contributed by atoms with E-state index in [0.717, 1.165) is 45.4 Å². The molecule has 0 bridgehead atoms. The second-order valence-electron chi connectivity index (χ2n) is 5.57. The number of sulfonamides is 1. The molecule has 1 aliphatic heterocycles. The van der Waals surface area contributed by atoms with E-state index in [9.17, 15) is 8.42 Å². The number of nitrogens with one attached hydrogen (secondary N) is 1. The molecule has 1 saturated heterocycles. The molecule has 1 rings (SSSR count). The number of nitrogens with zero attached hydrogens (tertiary/aromatic N) is 2. The summed E-state index contributed by atoms with van der Waals surface area (Å²) in [7, 11) is -3.05. The minimum atomic E-state index is -3.05. The highest BCUT2D eigenvalue weighted by Gasteiger charge is 2.27. The summed E-state index contributed by atoms with van der Waals surface area (Å²) in [5.74, 6) is 0.293. The molecule has 1 N–H and O–H groups in total. The maximum Gasteiger partial charge on any atom is 0.214 e. The molecule has 0 aromatic heterocycles. The van der Waals surface area contributed by atoms with Crippen molar-refractivity contribution in [1.29, 1.82) is 0 Å². The lowest BCUT2D eigenvalue weighted by atomic mass is 10.2. The van der Waals surface area contributed by atoms with Gasteiger partial charge in [-0.3, -0.25) is 4.90 Å². The molecule has 0 amide bonds. The Kier molecular flexibility index (Phi) is 8.02. The SMILES string of the molecule is CCNCCCCS(=O)(=O)N1CCN(C(C)CC)CC1. The fourth-order valence-electron chi connectivity index (χ4n) is 2.52. The van der Waals surface area contributed by atoms with Gasteiger partial charge in [0.1, 0.15) is 0 Å². The Morgan fingerprint density at radius 1 is 1.10 bits per heavy atom. The van der Waals surface area contributed by atoms with Gasteiger partial charge in [0, 0.05) is 32.2 Å². The van der Waals surface area contributed by atoms with E-state index in [-0.39, 0.29) is 0 Å². The highest BCUT2D eigenvalue weighted by Crippen LogP contribution is 2.13. The van der Waals surface area contributed by atoms with Crippen molar-refractivity contribution in [3.63, 3.8) is 0 Å². The van der Waals surface area contributed by atoms with E-state index in [2.05, 4.69) is 31.0 Å². The van der Waals surface area contributed by atoms with Crippen molar-refractivity contribution < 1.29 is 8.42 Å². The maximum atomic E-state index is 12.3. The van der Waals surface area contributed by atoms with E-state index in [4.69, 9.17) is 0 Å². The average molecular weight is 305 g/mol. The second kappa shape index (κ2) is 8.97. The van der Waals surface area contributed by atoms with E-state index in [0.29, 0.717) is 24.9 Å². The van der Waals surface area contributed by atoms with Gasteiger partial charge in [-0.2, -0.15) is 4.31 Å². The summed E-state index contributed by atoms with van der Waals surface area (Å²) in [4.78, 5) is 2.39. The van der Waals surface area contributed by atoms with Crippen LogP contribution in [0.2, 0.25) is 0 Å². The van der Waals surface area contributed by atoms with E-state index in [1.165, 1.54) is 0 Å². The predicted octanol–water partition coefficient (Wildman–Crippen LogP) is 1.12. The molecule has 0 spiro atoms. The zero-order valence-corrected chi connectivity index (χ0v) is 14.1. The van der Waals surface area contributed by atoms with Crippen LogP contribution >= 0.6 is 0 Å². The van der Waals surface area contributed by atoms with Gasteiger partial charge in [0.15, 0.2) is 0 Å². The van der Waals surface area contributed by atoms with E-state index in [1.807, 2.05) is 0 Å². The van der Waals surface area contributed by atoms with Crippen molar-refractivity contribution in [1.82, 2.24) is 14.5 Å². The molecule has 1 unspecified atom stereocenters. The van der Waals surface area contributed by atoms with Crippen molar-refractivity contribution >= 4 is 10.0 Å². The smallest absolute Gasteiger partial charge is 0.214 e. The number of hydrogen-bond acceptors (Lipinski definition) is 4. The molecular weight excluding hydrogens is 274 g/mol. The second-order valence-corrected chi connectivity index (χ2v) is 7.66. The predicted molar refractivity (Wildman–Crippen MR) is 84.5 cm³/mol. The molecule has 0 aromatic rings. The molecule has 1 atom stereocenters. The Labute approximate surface area is 124 Å². The lowest BCUT2D eigenvalue weighted by Crippen LogP contribution is -2.51. The van der Waals surface area contributed by atoms with Crippen LogP contribution in [0.1, 0.15) is 40.0 Å². The first-order valence-electron chi connectivity index (χ1n) is 7.93. The molecule has 1 heterocycles. The normalized spacial score (nSPS) is 20.1. The van der Waals surface area contributed by atoms with E-state index < -0.39 is 10.0 Å². The summed E-state index contributed by atoms with van der Waals surface area (Å²) in [6, 6.07) is 0.556.